The number of aliphatic hydroxyl groups excluding tert-OH is 1. The van der Waals surface area contributed by atoms with Gasteiger partial charge in [-0.2, -0.15) is 0 Å². The Morgan fingerprint density at radius 2 is 1.78 bits per heavy atom. The van der Waals surface area contributed by atoms with Gasteiger partial charge in [0.15, 0.2) is 0 Å². The van der Waals surface area contributed by atoms with Crippen molar-refractivity contribution in [3.63, 3.8) is 0 Å². The highest BCUT2D eigenvalue weighted by Gasteiger charge is 2.31. The van der Waals surface area contributed by atoms with Crippen LogP contribution in [0.25, 0.3) is 16.6 Å². The van der Waals surface area contributed by atoms with Crippen molar-refractivity contribution in [3.05, 3.63) is 59.6 Å². The topological polar surface area (TPSA) is 117 Å². The van der Waals surface area contributed by atoms with Gasteiger partial charge in [-0.25, -0.2) is 4.98 Å². The van der Waals surface area contributed by atoms with Crippen LogP contribution in [0.1, 0.15) is 30.7 Å². The van der Waals surface area contributed by atoms with Crippen molar-refractivity contribution in [3.8, 4) is 0 Å². The van der Waals surface area contributed by atoms with Crippen molar-refractivity contribution in [2.24, 2.45) is 0 Å². The number of nitrogens with one attached hydrogen (secondary N) is 2. The van der Waals surface area contributed by atoms with Crippen molar-refractivity contribution in [2.75, 3.05) is 29.4 Å². The Hall–Kier alpha value is -3.81. The van der Waals surface area contributed by atoms with Gasteiger partial charge < -0.3 is 25.0 Å². The lowest BCUT2D eigenvalue weighted by molar-refractivity contribution is -0.136. The van der Waals surface area contributed by atoms with E-state index in [2.05, 4.69) is 27.0 Å². The number of carboxylic acids is 1. The average molecular weight is 431 g/mol. The highest BCUT2D eigenvalue weighted by Crippen LogP contribution is 2.32. The lowest BCUT2D eigenvalue weighted by Gasteiger charge is -2.28. The summed E-state index contributed by atoms with van der Waals surface area (Å²) < 4.78 is 0. The molecule has 1 saturated heterocycles. The number of rotatable bonds is 5. The van der Waals surface area contributed by atoms with Gasteiger partial charge in [-0.15, -0.1) is 0 Å². The van der Waals surface area contributed by atoms with Gasteiger partial charge in [0, 0.05) is 24.5 Å². The molecule has 8 nitrogen and oxygen atoms in total. The van der Waals surface area contributed by atoms with Gasteiger partial charge in [-0.1, -0.05) is 12.1 Å². The van der Waals surface area contributed by atoms with Crippen molar-refractivity contribution < 1.29 is 15.0 Å². The van der Waals surface area contributed by atoms with E-state index in [0.29, 0.717) is 22.6 Å². The van der Waals surface area contributed by atoms with Crippen LogP contribution < -0.4 is 9.80 Å². The number of piperidine rings is 1. The summed E-state index contributed by atoms with van der Waals surface area (Å²) in [5, 5.41) is 28.2. The van der Waals surface area contributed by atoms with Crippen molar-refractivity contribution in [1.29, 1.82) is 5.41 Å². The Morgan fingerprint density at radius 3 is 2.50 bits per heavy atom. The van der Waals surface area contributed by atoms with Gasteiger partial charge in [0.1, 0.15) is 17.4 Å². The van der Waals surface area contributed by atoms with Crippen LogP contribution in [0.5, 0.6) is 0 Å². The first-order valence-corrected chi connectivity index (χ1v) is 10.8. The summed E-state index contributed by atoms with van der Waals surface area (Å²) in [6, 6.07) is 13.2. The van der Waals surface area contributed by atoms with Gasteiger partial charge in [0.25, 0.3) is 0 Å². The number of amidine groups is 1. The fourth-order valence-electron chi connectivity index (χ4n) is 4.48. The molecule has 3 heterocycles. The molecule has 0 amide bonds. The number of H-pyrrole nitrogens is 1. The van der Waals surface area contributed by atoms with Crippen LogP contribution in [0.2, 0.25) is 0 Å². The van der Waals surface area contributed by atoms with E-state index in [1.165, 1.54) is 19.3 Å². The Kier molecular flexibility index (Phi) is 5.05. The summed E-state index contributed by atoms with van der Waals surface area (Å²) in [5.74, 6) is -0.173. The maximum Gasteiger partial charge on any atom is 0.307 e. The van der Waals surface area contributed by atoms with E-state index in [1.807, 2.05) is 6.07 Å². The second kappa shape index (κ2) is 8.03. The molecule has 0 atom stereocenters. The molecule has 0 spiro atoms. The maximum atomic E-state index is 10.9. The molecule has 2 aliphatic heterocycles. The Labute approximate surface area is 185 Å². The third-order valence-electron chi connectivity index (χ3n) is 6.13. The number of hydrogen-bond acceptors (Lipinski definition) is 5. The van der Waals surface area contributed by atoms with Crippen molar-refractivity contribution >= 4 is 39.8 Å². The van der Waals surface area contributed by atoms with Gasteiger partial charge in [0.05, 0.1) is 29.6 Å². The number of aliphatic hydroxyl groups is 1. The normalized spacial score (nSPS) is 16.9. The van der Waals surface area contributed by atoms with Crippen LogP contribution in [-0.4, -0.2) is 51.6 Å². The number of anilines is 2. The number of carboxylic acid groups (broad SMARTS) is 1. The molecular formula is C24H25N5O3. The Bertz CT molecular complexity index is 1220. The minimum Gasteiger partial charge on any atom is -0.509 e. The van der Waals surface area contributed by atoms with Gasteiger partial charge in [-0.3, -0.25) is 10.2 Å². The largest absolute Gasteiger partial charge is 0.509 e. The number of aliphatic carboxylic acids is 1. The average Bonchev–Trinajstić information content (AvgIpc) is 3.33. The van der Waals surface area contributed by atoms with Crippen LogP contribution in [-0.2, 0) is 11.2 Å². The molecule has 4 N–H and O–H groups in total. The lowest BCUT2D eigenvalue weighted by atomic mass is 10.1. The predicted octanol–water partition coefficient (Wildman–Crippen LogP) is 3.95. The van der Waals surface area contributed by atoms with Crippen molar-refractivity contribution in [1.82, 2.24) is 9.97 Å². The summed E-state index contributed by atoms with van der Waals surface area (Å²) in [5.41, 5.74) is 4.63. The molecule has 32 heavy (non-hydrogen) atoms. The molecule has 0 saturated carbocycles. The maximum absolute atomic E-state index is 10.9. The number of aromatic amines is 1. The molecule has 3 aromatic rings. The van der Waals surface area contributed by atoms with Gasteiger partial charge in [0.2, 0.25) is 0 Å². The summed E-state index contributed by atoms with van der Waals surface area (Å²) in [7, 11) is 0. The highest BCUT2D eigenvalue weighted by atomic mass is 16.4. The Morgan fingerprint density at radius 1 is 1.06 bits per heavy atom. The summed E-state index contributed by atoms with van der Waals surface area (Å²) in [6.45, 7) is 2.29. The minimum absolute atomic E-state index is 0.0507. The molecule has 0 aliphatic carbocycles. The van der Waals surface area contributed by atoms with E-state index in [0.717, 1.165) is 29.8 Å². The predicted molar refractivity (Wildman–Crippen MR) is 125 cm³/mol. The lowest BCUT2D eigenvalue weighted by Crippen LogP contribution is -2.29. The van der Waals surface area contributed by atoms with Gasteiger partial charge in [-0.05, 0) is 55.2 Å². The minimum atomic E-state index is -0.887. The third-order valence-corrected chi connectivity index (χ3v) is 6.13. The van der Waals surface area contributed by atoms with E-state index in [4.69, 9.17) is 10.5 Å². The van der Waals surface area contributed by atoms with Crippen LogP contribution in [0.4, 0.5) is 11.4 Å². The number of aromatic nitrogens is 2. The second-order valence-corrected chi connectivity index (χ2v) is 8.33. The first kappa shape index (κ1) is 20.1. The summed E-state index contributed by atoms with van der Waals surface area (Å²) >= 11 is 0. The number of benzene rings is 2. The number of fused-ring (bicyclic) bond motifs is 1. The fourth-order valence-corrected chi connectivity index (χ4v) is 4.48. The molecular weight excluding hydrogens is 406 g/mol. The monoisotopic (exact) mass is 431 g/mol. The summed E-state index contributed by atoms with van der Waals surface area (Å²) in [4.78, 5) is 22.9. The fraction of sp³-hybridized carbons (Fsp3) is 0.292. The van der Waals surface area contributed by atoms with Crippen LogP contribution in [0.15, 0.2) is 48.2 Å². The molecule has 1 fully saturated rings. The van der Waals surface area contributed by atoms with E-state index in [1.54, 1.807) is 29.2 Å². The standard InChI is InChI=1S/C24H25N5O3/c25-23-22(20(30)14-29(23)16-6-4-15(5-7-16)12-21(31)32)24-26-18-9-8-17(13-19(18)27-24)28-10-2-1-3-11-28/h4-9,13,25,30H,1-3,10-12,14H2,(H,26,27)(H,31,32). The Balaban J connectivity index is 1.40. The van der Waals surface area contributed by atoms with E-state index in [9.17, 15) is 9.90 Å². The van der Waals surface area contributed by atoms with Crippen molar-refractivity contribution in [2.45, 2.75) is 25.7 Å². The molecule has 0 radical (unpaired) electrons. The highest BCUT2D eigenvalue weighted by molar-refractivity contribution is 6.30. The van der Waals surface area contributed by atoms with Gasteiger partial charge >= 0.3 is 5.97 Å². The van der Waals surface area contributed by atoms with E-state index in [-0.39, 0.29) is 24.6 Å². The number of hydrogen-bond donors (Lipinski definition) is 4. The van der Waals surface area contributed by atoms with E-state index >= 15 is 0 Å². The molecule has 5 rings (SSSR count). The smallest absolute Gasteiger partial charge is 0.307 e. The quantitative estimate of drug-likeness (QED) is 0.486. The molecule has 164 valence electrons. The molecule has 0 unspecified atom stereocenters. The zero-order chi connectivity index (χ0) is 22.2. The number of carbonyl (C=O) groups is 1. The second-order valence-electron chi connectivity index (χ2n) is 8.33. The molecule has 2 aromatic carbocycles. The van der Waals surface area contributed by atoms with Crippen LogP contribution in [0.3, 0.4) is 0 Å². The molecule has 2 aliphatic rings. The SMILES string of the molecule is N=C1C(c2nc3ccc(N4CCCCC4)cc3[nH]2)=C(O)CN1c1ccc(CC(=O)O)cc1. The first-order valence-electron chi connectivity index (χ1n) is 10.8. The third kappa shape index (κ3) is 3.68. The molecule has 8 heteroatoms. The molecule has 0 bridgehead atoms. The summed E-state index contributed by atoms with van der Waals surface area (Å²) in [6.07, 6.45) is 3.64. The van der Waals surface area contributed by atoms with Crippen LogP contribution in [0, 0.1) is 5.41 Å². The first-order chi connectivity index (χ1) is 15.5. The molecule has 1 aromatic heterocycles. The van der Waals surface area contributed by atoms with E-state index < -0.39 is 5.97 Å². The van der Waals surface area contributed by atoms with Crippen LogP contribution >= 0.6 is 0 Å². The number of imidazole rings is 1. The zero-order valence-corrected chi connectivity index (χ0v) is 17.6. The number of nitrogens with zero attached hydrogens (tertiary/aromatic N) is 3. The zero-order valence-electron chi connectivity index (χ0n) is 17.6.